The molecule has 1 N–H and O–H groups in total. The number of hydrogen-bond acceptors (Lipinski definition) is 3. The van der Waals surface area contributed by atoms with Crippen LogP contribution in [0.15, 0.2) is 36.4 Å². The predicted octanol–water partition coefficient (Wildman–Crippen LogP) is 3.10. The van der Waals surface area contributed by atoms with Crippen molar-refractivity contribution in [3.8, 4) is 10.4 Å². The number of thiophene rings is 1. The van der Waals surface area contributed by atoms with Crippen LogP contribution >= 0.6 is 11.3 Å². The zero-order chi connectivity index (χ0) is 15.7. The van der Waals surface area contributed by atoms with Gasteiger partial charge in [-0.05, 0) is 24.6 Å². The number of hydrogen-bond donors (Lipinski definition) is 1. The van der Waals surface area contributed by atoms with Crippen molar-refractivity contribution in [2.45, 2.75) is 6.42 Å². The third-order valence-corrected chi connectivity index (χ3v) is 4.89. The van der Waals surface area contributed by atoms with E-state index in [0.29, 0.717) is 28.3 Å². The van der Waals surface area contributed by atoms with E-state index in [1.165, 1.54) is 17.4 Å². The summed E-state index contributed by atoms with van der Waals surface area (Å²) in [4.78, 5) is 26.1. The fraction of sp³-hybridized carbons (Fsp3) is 0.250. The van der Waals surface area contributed by atoms with Gasteiger partial charge in [-0.2, -0.15) is 0 Å². The molecule has 1 saturated heterocycles. The Kier molecular flexibility index (Phi) is 3.94. The van der Waals surface area contributed by atoms with Crippen LogP contribution in [0.1, 0.15) is 16.1 Å². The lowest BCUT2D eigenvalue weighted by Gasteiger charge is -2.14. The highest BCUT2D eigenvalue weighted by Gasteiger charge is 2.31. The summed E-state index contributed by atoms with van der Waals surface area (Å²) in [6.45, 7) is 0.684. The maximum atomic E-state index is 13.8. The molecule has 1 fully saturated rings. The van der Waals surface area contributed by atoms with Crippen LogP contribution in [-0.2, 0) is 4.79 Å². The van der Waals surface area contributed by atoms with Crippen LogP contribution in [0.5, 0.6) is 0 Å². The van der Waals surface area contributed by atoms with Crippen molar-refractivity contribution in [3.63, 3.8) is 0 Å². The van der Waals surface area contributed by atoms with Gasteiger partial charge in [0, 0.05) is 23.5 Å². The summed E-state index contributed by atoms with van der Waals surface area (Å²) >= 11 is 1.23. The lowest BCUT2D eigenvalue weighted by Crippen LogP contribution is -2.29. The van der Waals surface area contributed by atoms with Gasteiger partial charge in [0.05, 0.1) is 10.8 Å². The van der Waals surface area contributed by atoms with Crippen molar-refractivity contribution >= 4 is 23.2 Å². The number of carboxylic acids is 1. The summed E-state index contributed by atoms with van der Waals surface area (Å²) in [5.41, 5.74) is 0.469. The SMILES string of the molecule is O=C(O)[C@@H]1CCN(C(=O)c2ccc(-c3ccccc3F)s2)C1. The molecule has 22 heavy (non-hydrogen) atoms. The van der Waals surface area contributed by atoms with Crippen LogP contribution in [0.3, 0.4) is 0 Å². The van der Waals surface area contributed by atoms with Crippen molar-refractivity contribution in [1.82, 2.24) is 4.90 Å². The normalized spacial score (nSPS) is 17.7. The summed E-state index contributed by atoms with van der Waals surface area (Å²) < 4.78 is 13.8. The number of halogens is 1. The molecule has 1 amide bonds. The zero-order valence-electron chi connectivity index (χ0n) is 11.7. The van der Waals surface area contributed by atoms with E-state index in [9.17, 15) is 14.0 Å². The minimum Gasteiger partial charge on any atom is -0.481 e. The summed E-state index contributed by atoms with van der Waals surface area (Å²) in [6.07, 6.45) is 0.479. The third-order valence-electron chi connectivity index (χ3n) is 3.78. The van der Waals surface area contributed by atoms with Crippen LogP contribution < -0.4 is 0 Å². The molecule has 1 aliphatic heterocycles. The number of carboxylic acid groups (broad SMARTS) is 1. The summed E-state index contributed by atoms with van der Waals surface area (Å²) in [7, 11) is 0. The largest absolute Gasteiger partial charge is 0.481 e. The maximum Gasteiger partial charge on any atom is 0.308 e. The second-order valence-electron chi connectivity index (χ2n) is 5.22. The molecule has 4 nitrogen and oxygen atoms in total. The van der Waals surface area contributed by atoms with E-state index < -0.39 is 11.9 Å². The van der Waals surface area contributed by atoms with E-state index in [4.69, 9.17) is 5.11 Å². The number of likely N-dealkylation sites (tertiary alicyclic amines) is 1. The minimum absolute atomic E-state index is 0.184. The molecule has 0 saturated carbocycles. The zero-order valence-corrected chi connectivity index (χ0v) is 12.5. The van der Waals surface area contributed by atoms with Gasteiger partial charge in [0.25, 0.3) is 5.91 Å². The highest BCUT2D eigenvalue weighted by atomic mass is 32.1. The quantitative estimate of drug-likeness (QED) is 0.946. The summed E-state index contributed by atoms with van der Waals surface area (Å²) in [5, 5.41) is 8.99. The molecule has 0 radical (unpaired) electrons. The Morgan fingerprint density at radius 2 is 2.00 bits per heavy atom. The molecule has 0 bridgehead atoms. The molecule has 0 spiro atoms. The fourth-order valence-corrected chi connectivity index (χ4v) is 3.56. The molecule has 1 aliphatic rings. The summed E-state index contributed by atoms with van der Waals surface area (Å²) in [5.74, 6) is -1.87. The highest BCUT2D eigenvalue weighted by molar-refractivity contribution is 7.17. The Morgan fingerprint density at radius 1 is 1.23 bits per heavy atom. The molecule has 3 rings (SSSR count). The first kappa shape index (κ1) is 14.7. The van der Waals surface area contributed by atoms with Crippen molar-refractivity contribution in [2.75, 3.05) is 13.1 Å². The number of rotatable bonds is 3. The van der Waals surface area contributed by atoms with Gasteiger partial charge in [0.15, 0.2) is 0 Å². The molecule has 1 atom stereocenters. The fourth-order valence-electron chi connectivity index (χ4n) is 2.56. The van der Waals surface area contributed by atoms with Crippen molar-refractivity contribution in [2.24, 2.45) is 5.92 Å². The first-order chi connectivity index (χ1) is 10.6. The van der Waals surface area contributed by atoms with E-state index in [1.54, 1.807) is 35.2 Å². The molecule has 114 valence electrons. The van der Waals surface area contributed by atoms with Crippen LogP contribution in [0.25, 0.3) is 10.4 Å². The van der Waals surface area contributed by atoms with Gasteiger partial charge in [-0.3, -0.25) is 9.59 Å². The Labute approximate surface area is 130 Å². The van der Waals surface area contributed by atoms with Crippen LogP contribution in [0.2, 0.25) is 0 Å². The van der Waals surface area contributed by atoms with Crippen molar-refractivity contribution in [1.29, 1.82) is 0 Å². The second-order valence-corrected chi connectivity index (χ2v) is 6.30. The van der Waals surface area contributed by atoms with Gasteiger partial charge < -0.3 is 10.0 Å². The molecule has 2 aromatic rings. The van der Waals surface area contributed by atoms with Crippen LogP contribution in [-0.4, -0.2) is 35.0 Å². The number of nitrogens with zero attached hydrogens (tertiary/aromatic N) is 1. The van der Waals surface area contributed by atoms with Gasteiger partial charge in [0.1, 0.15) is 5.82 Å². The molecule has 6 heteroatoms. The third kappa shape index (κ3) is 2.74. The predicted molar refractivity (Wildman–Crippen MR) is 81.4 cm³/mol. The Morgan fingerprint density at radius 3 is 2.68 bits per heavy atom. The number of carbonyl (C=O) groups excluding carboxylic acids is 1. The molecule has 1 aromatic heterocycles. The monoisotopic (exact) mass is 319 g/mol. The van der Waals surface area contributed by atoms with E-state index in [0.717, 1.165) is 0 Å². The van der Waals surface area contributed by atoms with Gasteiger partial charge >= 0.3 is 5.97 Å². The molecule has 0 unspecified atom stereocenters. The highest BCUT2D eigenvalue weighted by Crippen LogP contribution is 2.31. The topological polar surface area (TPSA) is 57.6 Å². The molecule has 1 aromatic carbocycles. The lowest BCUT2D eigenvalue weighted by molar-refractivity contribution is -0.141. The standard InChI is InChI=1S/C16H14FNO3S/c17-12-4-2-1-3-11(12)13-5-6-14(22-13)15(19)18-8-7-10(9-18)16(20)21/h1-6,10H,7-9H2,(H,20,21)/t10-/m1/s1. The number of carbonyl (C=O) groups is 2. The maximum absolute atomic E-state index is 13.8. The first-order valence-electron chi connectivity index (χ1n) is 6.93. The number of aliphatic carboxylic acids is 1. The first-order valence-corrected chi connectivity index (χ1v) is 7.74. The average Bonchev–Trinajstić information content (AvgIpc) is 3.17. The molecule has 0 aliphatic carbocycles. The van der Waals surface area contributed by atoms with Gasteiger partial charge in [0.2, 0.25) is 0 Å². The molecule has 2 heterocycles. The average molecular weight is 319 g/mol. The number of benzene rings is 1. The van der Waals surface area contributed by atoms with Crippen LogP contribution in [0, 0.1) is 11.7 Å². The van der Waals surface area contributed by atoms with Crippen molar-refractivity contribution in [3.05, 3.63) is 47.1 Å². The van der Waals surface area contributed by atoms with E-state index in [1.807, 2.05) is 0 Å². The lowest BCUT2D eigenvalue weighted by atomic mass is 10.1. The second kappa shape index (κ2) is 5.88. The van der Waals surface area contributed by atoms with Crippen molar-refractivity contribution < 1.29 is 19.1 Å². The Bertz CT molecular complexity index is 728. The van der Waals surface area contributed by atoms with Gasteiger partial charge in [-0.25, -0.2) is 4.39 Å². The minimum atomic E-state index is -0.867. The smallest absolute Gasteiger partial charge is 0.308 e. The van der Waals surface area contributed by atoms with E-state index >= 15 is 0 Å². The Hall–Kier alpha value is -2.21. The van der Waals surface area contributed by atoms with Crippen LogP contribution in [0.4, 0.5) is 4.39 Å². The Balaban J connectivity index is 1.78. The molecular weight excluding hydrogens is 305 g/mol. The van der Waals surface area contributed by atoms with Gasteiger partial charge in [-0.15, -0.1) is 11.3 Å². The van der Waals surface area contributed by atoms with Gasteiger partial charge in [-0.1, -0.05) is 18.2 Å². The molecular formula is C16H14FNO3S. The summed E-state index contributed by atoms with van der Waals surface area (Å²) in [6, 6.07) is 9.82. The van der Waals surface area contributed by atoms with E-state index in [2.05, 4.69) is 0 Å². The van der Waals surface area contributed by atoms with E-state index in [-0.39, 0.29) is 18.3 Å². The number of amides is 1.